The van der Waals surface area contributed by atoms with Crippen LogP contribution in [-0.2, 0) is 14.3 Å². The molecule has 0 saturated carbocycles. The standard InChI is InChI=1S/C13H24N2O3/c1-4-13(9(2)3,12(14)17)15-11(16)10-6-5-7-18-8-10/h9-10H,4-8H2,1-3H3,(H2,14,17)(H,15,16)/t10-,13-/m1/s1. The molecule has 1 aliphatic rings. The Morgan fingerprint density at radius 2 is 2.17 bits per heavy atom. The van der Waals surface area contributed by atoms with Crippen LogP contribution >= 0.6 is 0 Å². The fraction of sp³-hybridized carbons (Fsp3) is 0.846. The van der Waals surface area contributed by atoms with Crippen molar-refractivity contribution in [3.63, 3.8) is 0 Å². The highest BCUT2D eigenvalue weighted by Gasteiger charge is 2.41. The summed E-state index contributed by atoms with van der Waals surface area (Å²) in [7, 11) is 0. The van der Waals surface area contributed by atoms with E-state index in [1.807, 2.05) is 20.8 Å². The van der Waals surface area contributed by atoms with Gasteiger partial charge in [0.25, 0.3) is 0 Å². The summed E-state index contributed by atoms with van der Waals surface area (Å²) in [5.41, 5.74) is 4.53. The summed E-state index contributed by atoms with van der Waals surface area (Å²) >= 11 is 0. The van der Waals surface area contributed by atoms with Gasteiger partial charge in [-0.1, -0.05) is 20.8 Å². The molecule has 2 amide bonds. The first-order chi connectivity index (χ1) is 8.44. The Morgan fingerprint density at radius 3 is 2.56 bits per heavy atom. The molecule has 0 aromatic carbocycles. The molecule has 1 fully saturated rings. The van der Waals surface area contributed by atoms with Crippen molar-refractivity contribution in [1.29, 1.82) is 0 Å². The molecule has 18 heavy (non-hydrogen) atoms. The van der Waals surface area contributed by atoms with Crippen LogP contribution < -0.4 is 11.1 Å². The van der Waals surface area contributed by atoms with E-state index in [4.69, 9.17) is 10.5 Å². The molecule has 0 unspecified atom stereocenters. The molecule has 104 valence electrons. The minimum Gasteiger partial charge on any atom is -0.381 e. The second-order valence-corrected chi connectivity index (χ2v) is 5.25. The van der Waals surface area contributed by atoms with E-state index in [9.17, 15) is 9.59 Å². The number of rotatable bonds is 5. The van der Waals surface area contributed by atoms with Gasteiger partial charge in [-0.2, -0.15) is 0 Å². The monoisotopic (exact) mass is 256 g/mol. The second kappa shape index (κ2) is 6.18. The zero-order valence-electron chi connectivity index (χ0n) is 11.5. The molecule has 0 aromatic rings. The molecule has 0 bridgehead atoms. The van der Waals surface area contributed by atoms with E-state index in [0.717, 1.165) is 12.8 Å². The smallest absolute Gasteiger partial charge is 0.243 e. The molecule has 1 aliphatic heterocycles. The molecular formula is C13H24N2O3. The average Bonchev–Trinajstić information content (AvgIpc) is 2.36. The lowest BCUT2D eigenvalue weighted by atomic mass is 9.82. The van der Waals surface area contributed by atoms with Crippen molar-refractivity contribution >= 4 is 11.8 Å². The van der Waals surface area contributed by atoms with Gasteiger partial charge in [0, 0.05) is 6.61 Å². The van der Waals surface area contributed by atoms with Gasteiger partial charge in [-0.15, -0.1) is 0 Å². The van der Waals surface area contributed by atoms with Crippen molar-refractivity contribution < 1.29 is 14.3 Å². The van der Waals surface area contributed by atoms with Crippen molar-refractivity contribution in [2.75, 3.05) is 13.2 Å². The molecule has 1 heterocycles. The van der Waals surface area contributed by atoms with Crippen molar-refractivity contribution in [2.45, 2.75) is 45.6 Å². The first kappa shape index (κ1) is 15.0. The number of primary amides is 1. The van der Waals surface area contributed by atoms with Gasteiger partial charge < -0.3 is 15.8 Å². The quantitative estimate of drug-likeness (QED) is 0.764. The number of nitrogens with one attached hydrogen (secondary N) is 1. The summed E-state index contributed by atoms with van der Waals surface area (Å²) in [6.45, 7) is 6.80. The van der Waals surface area contributed by atoms with E-state index >= 15 is 0 Å². The predicted molar refractivity (Wildman–Crippen MR) is 68.7 cm³/mol. The molecular weight excluding hydrogens is 232 g/mol. The third-order valence-corrected chi connectivity index (χ3v) is 3.86. The number of carbonyl (C=O) groups is 2. The first-order valence-corrected chi connectivity index (χ1v) is 6.63. The summed E-state index contributed by atoms with van der Waals surface area (Å²) in [6, 6.07) is 0. The molecule has 3 N–H and O–H groups in total. The molecule has 5 heteroatoms. The van der Waals surface area contributed by atoms with E-state index in [2.05, 4.69) is 5.32 Å². The van der Waals surface area contributed by atoms with E-state index in [1.165, 1.54) is 0 Å². The van der Waals surface area contributed by atoms with Crippen LogP contribution in [0, 0.1) is 11.8 Å². The Hall–Kier alpha value is -1.10. The fourth-order valence-corrected chi connectivity index (χ4v) is 2.43. The SMILES string of the molecule is CC[C@](NC(=O)[C@@H]1CCCOC1)(C(N)=O)C(C)C. The molecule has 2 atom stereocenters. The Balaban J connectivity index is 2.76. The van der Waals surface area contributed by atoms with Crippen LogP contribution in [0.3, 0.4) is 0 Å². The van der Waals surface area contributed by atoms with Gasteiger partial charge in [0.2, 0.25) is 11.8 Å². The van der Waals surface area contributed by atoms with Gasteiger partial charge in [-0.3, -0.25) is 9.59 Å². The first-order valence-electron chi connectivity index (χ1n) is 6.63. The summed E-state index contributed by atoms with van der Waals surface area (Å²) < 4.78 is 5.30. The molecule has 5 nitrogen and oxygen atoms in total. The van der Waals surface area contributed by atoms with Gasteiger partial charge in [-0.25, -0.2) is 0 Å². The van der Waals surface area contributed by atoms with Crippen molar-refractivity contribution in [2.24, 2.45) is 17.6 Å². The van der Waals surface area contributed by atoms with E-state index in [0.29, 0.717) is 19.6 Å². The van der Waals surface area contributed by atoms with Gasteiger partial charge >= 0.3 is 0 Å². The number of carbonyl (C=O) groups excluding carboxylic acids is 2. The van der Waals surface area contributed by atoms with Crippen molar-refractivity contribution in [1.82, 2.24) is 5.32 Å². The summed E-state index contributed by atoms with van der Waals surface area (Å²) in [4.78, 5) is 23.9. The lowest BCUT2D eigenvalue weighted by molar-refractivity contribution is -0.138. The number of hydrogen-bond acceptors (Lipinski definition) is 3. The molecule has 1 saturated heterocycles. The van der Waals surface area contributed by atoms with Gasteiger partial charge in [0.15, 0.2) is 0 Å². The van der Waals surface area contributed by atoms with Crippen LogP contribution in [0.15, 0.2) is 0 Å². The third-order valence-electron chi connectivity index (χ3n) is 3.86. The molecule has 0 aromatic heterocycles. The maximum Gasteiger partial charge on any atom is 0.243 e. The summed E-state index contributed by atoms with van der Waals surface area (Å²) in [5.74, 6) is -0.787. The highest BCUT2D eigenvalue weighted by atomic mass is 16.5. The van der Waals surface area contributed by atoms with Crippen LogP contribution in [-0.4, -0.2) is 30.6 Å². The van der Waals surface area contributed by atoms with Crippen molar-refractivity contribution in [3.8, 4) is 0 Å². The number of nitrogens with two attached hydrogens (primary N) is 1. The Kier molecular flexibility index (Phi) is 5.14. The van der Waals surface area contributed by atoms with E-state index in [1.54, 1.807) is 0 Å². The Bertz CT molecular complexity index is 311. The minimum absolute atomic E-state index is 0.0338. The van der Waals surface area contributed by atoms with Crippen LogP contribution in [0.2, 0.25) is 0 Å². The normalized spacial score (nSPS) is 23.4. The zero-order valence-corrected chi connectivity index (χ0v) is 11.5. The summed E-state index contributed by atoms with van der Waals surface area (Å²) in [5, 5.41) is 2.86. The minimum atomic E-state index is -0.950. The highest BCUT2D eigenvalue weighted by Crippen LogP contribution is 2.23. The van der Waals surface area contributed by atoms with E-state index < -0.39 is 11.4 Å². The molecule has 0 aliphatic carbocycles. The van der Waals surface area contributed by atoms with E-state index in [-0.39, 0.29) is 17.7 Å². The lowest BCUT2D eigenvalue weighted by Gasteiger charge is -2.36. The van der Waals surface area contributed by atoms with Crippen molar-refractivity contribution in [3.05, 3.63) is 0 Å². The maximum atomic E-state index is 12.2. The molecule has 0 radical (unpaired) electrons. The second-order valence-electron chi connectivity index (χ2n) is 5.25. The maximum absolute atomic E-state index is 12.2. The number of hydrogen-bond donors (Lipinski definition) is 2. The largest absolute Gasteiger partial charge is 0.381 e. The van der Waals surface area contributed by atoms with Gasteiger partial charge in [0.05, 0.1) is 12.5 Å². The van der Waals surface area contributed by atoms with Crippen LogP contribution in [0.5, 0.6) is 0 Å². The van der Waals surface area contributed by atoms with Crippen LogP contribution in [0.1, 0.15) is 40.0 Å². The summed E-state index contributed by atoms with van der Waals surface area (Å²) in [6.07, 6.45) is 2.19. The third kappa shape index (κ3) is 3.02. The molecule has 1 rings (SSSR count). The average molecular weight is 256 g/mol. The Labute approximate surface area is 108 Å². The van der Waals surface area contributed by atoms with Gasteiger partial charge in [-0.05, 0) is 25.2 Å². The Morgan fingerprint density at radius 1 is 1.50 bits per heavy atom. The highest BCUT2D eigenvalue weighted by molar-refractivity contribution is 5.91. The fourth-order valence-electron chi connectivity index (χ4n) is 2.43. The lowest BCUT2D eigenvalue weighted by Crippen LogP contribution is -2.61. The van der Waals surface area contributed by atoms with Crippen LogP contribution in [0.4, 0.5) is 0 Å². The topological polar surface area (TPSA) is 81.4 Å². The zero-order chi connectivity index (χ0) is 13.8. The number of amides is 2. The predicted octanol–water partition coefficient (Wildman–Crippen LogP) is 0.819. The van der Waals surface area contributed by atoms with Gasteiger partial charge in [0.1, 0.15) is 5.54 Å². The molecule has 0 spiro atoms. The number of ether oxygens (including phenoxy) is 1. The van der Waals surface area contributed by atoms with Crippen LogP contribution in [0.25, 0.3) is 0 Å².